The van der Waals surface area contributed by atoms with E-state index in [1.54, 1.807) is 14.2 Å². The maximum Gasteiger partial charge on any atom is 0.161 e. The van der Waals surface area contributed by atoms with Crippen molar-refractivity contribution in [1.29, 1.82) is 0 Å². The van der Waals surface area contributed by atoms with Gasteiger partial charge in [-0.15, -0.1) is 0 Å². The van der Waals surface area contributed by atoms with Gasteiger partial charge in [-0.3, -0.25) is 0 Å². The van der Waals surface area contributed by atoms with Gasteiger partial charge in [-0.2, -0.15) is 0 Å². The fraction of sp³-hybridized carbons (Fsp3) is 0.500. The van der Waals surface area contributed by atoms with Crippen LogP contribution in [-0.4, -0.2) is 14.2 Å². The van der Waals surface area contributed by atoms with Crippen molar-refractivity contribution in [2.45, 2.75) is 40.0 Å². The smallest absolute Gasteiger partial charge is 0.161 e. The minimum absolute atomic E-state index is 0.762. The molecule has 0 bridgehead atoms. The highest BCUT2D eigenvalue weighted by Crippen LogP contribution is 2.31. The number of hydrogen-bond acceptors (Lipinski definition) is 2. The van der Waals surface area contributed by atoms with Crippen molar-refractivity contribution in [3.8, 4) is 11.5 Å². The lowest BCUT2D eigenvalue weighted by Gasteiger charge is -2.12. The van der Waals surface area contributed by atoms with E-state index in [-0.39, 0.29) is 0 Å². The molecule has 1 aromatic rings. The van der Waals surface area contributed by atoms with Crippen LogP contribution < -0.4 is 9.47 Å². The maximum absolute atomic E-state index is 5.30. The number of aryl methyl sites for hydroxylation is 1. The van der Waals surface area contributed by atoms with Crippen molar-refractivity contribution in [3.63, 3.8) is 0 Å². The number of rotatable bonds is 6. The molecule has 102 valence electrons. The second kappa shape index (κ2) is 9.58. The lowest BCUT2D eigenvalue weighted by Crippen LogP contribution is -1.96. The van der Waals surface area contributed by atoms with Gasteiger partial charge < -0.3 is 9.47 Å². The quantitative estimate of drug-likeness (QED) is 0.727. The van der Waals surface area contributed by atoms with Gasteiger partial charge >= 0.3 is 0 Å². The van der Waals surface area contributed by atoms with Crippen LogP contribution in [-0.2, 0) is 6.42 Å². The zero-order chi connectivity index (χ0) is 14.0. The molecule has 0 fully saturated rings. The molecule has 0 aliphatic carbocycles. The maximum atomic E-state index is 5.30. The molecular formula is C16H26O2. The normalized spacial score (nSPS) is 9.17. The average molecular weight is 250 g/mol. The summed E-state index contributed by atoms with van der Waals surface area (Å²) in [4.78, 5) is 0. The van der Waals surface area contributed by atoms with Gasteiger partial charge in [0.1, 0.15) is 0 Å². The average Bonchev–Trinajstić information content (AvgIpc) is 2.46. The minimum Gasteiger partial charge on any atom is -0.493 e. The van der Waals surface area contributed by atoms with Crippen molar-refractivity contribution in [3.05, 3.63) is 29.8 Å². The van der Waals surface area contributed by atoms with E-state index < -0.39 is 0 Å². The Morgan fingerprint density at radius 2 is 1.67 bits per heavy atom. The summed E-state index contributed by atoms with van der Waals surface area (Å²) >= 11 is 0. The molecule has 0 unspecified atom stereocenters. The number of methoxy groups -OCH3 is 2. The van der Waals surface area contributed by atoms with Crippen molar-refractivity contribution >= 4 is 6.08 Å². The summed E-state index contributed by atoms with van der Waals surface area (Å²) in [5.74, 6) is 1.55. The zero-order valence-electron chi connectivity index (χ0n) is 12.4. The van der Waals surface area contributed by atoms with Gasteiger partial charge in [-0.25, -0.2) is 0 Å². The first kappa shape index (κ1) is 16.6. The third kappa shape index (κ3) is 4.44. The molecule has 2 nitrogen and oxygen atoms in total. The summed E-state index contributed by atoms with van der Waals surface area (Å²) in [5, 5.41) is 0. The predicted molar refractivity (Wildman–Crippen MR) is 79.6 cm³/mol. The van der Waals surface area contributed by atoms with Crippen molar-refractivity contribution in [1.82, 2.24) is 0 Å². The molecule has 0 saturated heterocycles. The molecular weight excluding hydrogens is 224 g/mol. The Hall–Kier alpha value is -1.44. The first-order valence-corrected chi connectivity index (χ1v) is 6.64. The van der Waals surface area contributed by atoms with E-state index in [0.29, 0.717) is 0 Å². The highest BCUT2D eigenvalue weighted by molar-refractivity contribution is 5.59. The fourth-order valence-corrected chi connectivity index (χ4v) is 1.71. The van der Waals surface area contributed by atoms with Crippen LogP contribution in [0.1, 0.15) is 44.7 Å². The molecule has 0 spiro atoms. The number of hydrogen-bond donors (Lipinski definition) is 0. The zero-order valence-corrected chi connectivity index (χ0v) is 12.4. The highest BCUT2D eigenvalue weighted by atomic mass is 16.5. The largest absolute Gasteiger partial charge is 0.493 e. The van der Waals surface area contributed by atoms with E-state index in [2.05, 4.69) is 13.5 Å². The Labute approximate surface area is 112 Å². The summed E-state index contributed by atoms with van der Waals surface area (Å²) in [5.41, 5.74) is 2.40. The second-order valence-corrected chi connectivity index (χ2v) is 3.71. The molecule has 18 heavy (non-hydrogen) atoms. The van der Waals surface area contributed by atoms with Crippen LogP contribution in [0.25, 0.3) is 6.08 Å². The van der Waals surface area contributed by atoms with Crippen LogP contribution in [0.15, 0.2) is 18.7 Å². The first-order valence-electron chi connectivity index (χ1n) is 6.64. The Kier molecular flexibility index (Phi) is 8.81. The Bertz CT molecular complexity index is 356. The Morgan fingerprint density at radius 3 is 2.11 bits per heavy atom. The topological polar surface area (TPSA) is 18.5 Å². The third-order valence-corrected chi connectivity index (χ3v) is 2.66. The van der Waals surface area contributed by atoms with Crippen molar-refractivity contribution in [2.24, 2.45) is 0 Å². The second-order valence-electron chi connectivity index (χ2n) is 3.71. The monoisotopic (exact) mass is 250 g/mol. The van der Waals surface area contributed by atoms with E-state index in [1.807, 2.05) is 32.1 Å². The molecule has 0 N–H and O–H groups in total. The summed E-state index contributed by atoms with van der Waals surface area (Å²) in [6.07, 6.45) is 5.28. The van der Waals surface area contributed by atoms with Crippen LogP contribution in [0.2, 0.25) is 0 Å². The van der Waals surface area contributed by atoms with Crippen LogP contribution in [0, 0.1) is 0 Å². The molecule has 0 saturated carbocycles. The van der Waals surface area contributed by atoms with E-state index in [0.717, 1.165) is 23.5 Å². The standard InChI is InChI=1S/C14H20O2.C2H6/c1-5-7-8-12-10-14(16-4)13(15-3)9-11(12)6-2;1-2/h6,9-10H,2,5,7-8H2,1,3-4H3;1-2H3. The minimum atomic E-state index is 0.762. The lowest BCUT2D eigenvalue weighted by molar-refractivity contribution is 0.354. The molecule has 1 rings (SSSR count). The van der Waals surface area contributed by atoms with E-state index in [9.17, 15) is 0 Å². The lowest BCUT2D eigenvalue weighted by atomic mass is 10.0. The van der Waals surface area contributed by atoms with Crippen LogP contribution in [0.5, 0.6) is 11.5 Å². The summed E-state index contributed by atoms with van der Waals surface area (Å²) < 4.78 is 10.6. The number of ether oxygens (including phenoxy) is 2. The van der Waals surface area contributed by atoms with E-state index >= 15 is 0 Å². The Morgan fingerprint density at radius 1 is 1.11 bits per heavy atom. The molecule has 0 radical (unpaired) electrons. The van der Waals surface area contributed by atoms with Gasteiger partial charge in [0.15, 0.2) is 11.5 Å². The van der Waals surface area contributed by atoms with Gasteiger partial charge in [0.2, 0.25) is 0 Å². The summed E-state index contributed by atoms with van der Waals surface area (Å²) in [7, 11) is 3.31. The van der Waals surface area contributed by atoms with Gasteiger partial charge in [0.25, 0.3) is 0 Å². The molecule has 1 aromatic carbocycles. The van der Waals surface area contributed by atoms with Gasteiger partial charge in [0.05, 0.1) is 14.2 Å². The fourth-order valence-electron chi connectivity index (χ4n) is 1.71. The SMILES string of the molecule is C=Cc1cc(OC)c(OC)cc1CCCC.CC. The van der Waals surface area contributed by atoms with Crippen molar-refractivity contribution in [2.75, 3.05) is 14.2 Å². The number of unbranched alkanes of at least 4 members (excludes halogenated alkanes) is 1. The molecule has 0 heterocycles. The van der Waals surface area contributed by atoms with Crippen LogP contribution >= 0.6 is 0 Å². The molecule has 0 amide bonds. The van der Waals surface area contributed by atoms with Gasteiger partial charge in [-0.05, 0) is 36.1 Å². The van der Waals surface area contributed by atoms with Crippen molar-refractivity contribution < 1.29 is 9.47 Å². The highest BCUT2D eigenvalue weighted by Gasteiger charge is 2.08. The van der Waals surface area contributed by atoms with Gasteiger partial charge in [0, 0.05) is 0 Å². The van der Waals surface area contributed by atoms with E-state index in [1.165, 1.54) is 18.4 Å². The van der Waals surface area contributed by atoms with E-state index in [4.69, 9.17) is 9.47 Å². The summed E-state index contributed by atoms with van der Waals surface area (Å²) in [6, 6.07) is 4.03. The third-order valence-electron chi connectivity index (χ3n) is 2.66. The molecule has 0 atom stereocenters. The van der Waals surface area contributed by atoms with Gasteiger partial charge in [-0.1, -0.05) is 39.8 Å². The Balaban J connectivity index is 0.00000137. The van der Waals surface area contributed by atoms with Crippen LogP contribution in [0.3, 0.4) is 0 Å². The predicted octanol–water partition coefficient (Wildman–Crippen LogP) is 4.72. The molecule has 0 aromatic heterocycles. The molecule has 0 aliphatic heterocycles. The molecule has 0 aliphatic rings. The number of benzene rings is 1. The molecule has 2 heteroatoms. The first-order chi connectivity index (χ1) is 8.76. The van der Waals surface area contributed by atoms with Crippen LogP contribution in [0.4, 0.5) is 0 Å². The summed E-state index contributed by atoms with van der Waals surface area (Å²) in [6.45, 7) is 10.0.